The first kappa shape index (κ1) is 40.5. The second-order valence-electron chi connectivity index (χ2n) is 17.7. The van der Waals surface area contributed by atoms with E-state index in [9.17, 15) is 10.2 Å². The van der Waals surface area contributed by atoms with Gasteiger partial charge in [0.1, 0.15) is 11.5 Å². The first-order valence-electron chi connectivity index (χ1n) is 20.4. The van der Waals surface area contributed by atoms with Crippen LogP contribution in [-0.4, -0.2) is 15.1 Å². The van der Waals surface area contributed by atoms with E-state index in [4.69, 9.17) is 0 Å². The zero-order chi connectivity index (χ0) is 40.0. The fourth-order valence-electron chi connectivity index (χ4n) is 8.37. The normalized spacial score (nSPS) is 12.3. The van der Waals surface area contributed by atoms with Crippen LogP contribution in [0.4, 0.5) is 0 Å². The van der Waals surface area contributed by atoms with Gasteiger partial charge >= 0.3 is 0 Å². The average molecular weight is 744 g/mol. The van der Waals surface area contributed by atoms with Crippen LogP contribution in [0.1, 0.15) is 129 Å². The molecule has 0 fully saturated rings. The summed E-state index contributed by atoms with van der Waals surface area (Å²) >= 11 is 0. The van der Waals surface area contributed by atoms with Crippen molar-refractivity contribution in [2.24, 2.45) is 0 Å². The third kappa shape index (κ3) is 9.45. The van der Waals surface area contributed by atoms with Crippen molar-refractivity contribution in [3.8, 4) is 11.5 Å². The van der Waals surface area contributed by atoms with E-state index in [1.54, 1.807) is 0 Å². The van der Waals surface area contributed by atoms with Crippen LogP contribution in [-0.2, 0) is 36.8 Å². The van der Waals surface area contributed by atoms with Gasteiger partial charge in [0.25, 0.3) is 0 Å². The van der Waals surface area contributed by atoms with E-state index in [1.165, 1.54) is 33.4 Å². The molecule has 0 saturated heterocycles. The van der Waals surface area contributed by atoms with E-state index in [-0.39, 0.29) is 28.7 Å². The van der Waals surface area contributed by atoms with Gasteiger partial charge < -0.3 is 10.2 Å². The van der Waals surface area contributed by atoms with Gasteiger partial charge in [-0.2, -0.15) is 0 Å². The Kier molecular flexibility index (Phi) is 12.6. The lowest BCUT2D eigenvalue weighted by Crippen LogP contribution is -2.30. The molecule has 290 valence electrons. The highest BCUT2D eigenvalue weighted by molar-refractivity contribution is 5.46. The van der Waals surface area contributed by atoms with Crippen LogP contribution in [0.25, 0.3) is 0 Å². The number of phenolic OH excluding ortho intramolecular Hbond substituents is 2. The smallest absolute Gasteiger partial charge is 0.122 e. The van der Waals surface area contributed by atoms with Crippen LogP contribution in [0.2, 0.25) is 0 Å². The van der Waals surface area contributed by atoms with Crippen molar-refractivity contribution in [3.05, 3.63) is 201 Å². The molecule has 0 unspecified atom stereocenters. The van der Waals surface area contributed by atoms with Crippen molar-refractivity contribution in [1.82, 2.24) is 4.90 Å². The Morgan fingerprint density at radius 1 is 0.464 bits per heavy atom. The summed E-state index contributed by atoms with van der Waals surface area (Å²) in [4.78, 5) is 2.61. The first-order valence-corrected chi connectivity index (χ1v) is 20.4. The summed E-state index contributed by atoms with van der Waals surface area (Å²) in [5, 5.41) is 22.5. The highest BCUT2D eigenvalue weighted by atomic mass is 16.3. The zero-order valence-corrected chi connectivity index (χ0v) is 34.8. The summed E-state index contributed by atoms with van der Waals surface area (Å²) in [6.07, 6.45) is 1.48. The standard InChI is InChI=1S/C53H61NO2/c1-37(2)47-29-17-25-43(50(47)55)33-52(5,6)45-27-15-19-39(31-45)35-54(49(41-21-11-9-12-22-41)42-23-13-10-14-24-42)36-40-20-16-28-46(32-40)53(7,8)34-44-26-18-30-48(38(3)4)51(44)56/h9-32,37-38,49,55-56H,33-36H2,1-8H3. The number of hydrogen-bond acceptors (Lipinski definition) is 3. The third-order valence-corrected chi connectivity index (χ3v) is 11.6. The Hall–Kier alpha value is -5.12. The zero-order valence-electron chi connectivity index (χ0n) is 34.8. The Balaban J connectivity index is 1.36. The van der Waals surface area contributed by atoms with Gasteiger partial charge in [0.2, 0.25) is 0 Å². The summed E-state index contributed by atoms with van der Waals surface area (Å²) in [5.74, 6) is 1.38. The number of aromatic hydroxyl groups is 2. The predicted molar refractivity (Wildman–Crippen MR) is 235 cm³/mol. The summed E-state index contributed by atoms with van der Waals surface area (Å²) in [6.45, 7) is 19.2. The summed E-state index contributed by atoms with van der Waals surface area (Å²) in [7, 11) is 0. The minimum absolute atomic E-state index is 0.0252. The molecular formula is C53H61NO2. The van der Waals surface area contributed by atoms with Crippen molar-refractivity contribution < 1.29 is 10.2 Å². The van der Waals surface area contributed by atoms with Gasteiger partial charge in [0.15, 0.2) is 0 Å². The summed E-state index contributed by atoms with van der Waals surface area (Å²) < 4.78 is 0. The van der Waals surface area contributed by atoms with Gasteiger partial charge in [0, 0.05) is 13.1 Å². The quantitative estimate of drug-likeness (QED) is 0.110. The second kappa shape index (κ2) is 17.3. The lowest BCUT2D eigenvalue weighted by atomic mass is 9.78. The molecule has 0 bridgehead atoms. The van der Waals surface area contributed by atoms with E-state index >= 15 is 0 Å². The molecule has 0 spiro atoms. The van der Waals surface area contributed by atoms with Gasteiger partial charge in [-0.1, -0.05) is 201 Å². The number of nitrogens with zero attached hydrogens (tertiary/aromatic N) is 1. The fourth-order valence-corrected chi connectivity index (χ4v) is 8.37. The predicted octanol–water partition coefficient (Wildman–Crippen LogP) is 13.2. The largest absolute Gasteiger partial charge is 0.507 e. The molecule has 0 aliphatic carbocycles. The monoisotopic (exact) mass is 743 g/mol. The Morgan fingerprint density at radius 2 is 0.839 bits per heavy atom. The molecule has 0 saturated carbocycles. The SMILES string of the molecule is CC(C)c1cccc(CC(C)(C)c2cccc(CN(Cc3cccc(C(C)(C)Cc4cccc(C(C)C)c4O)c3)C(c3ccccc3)c3ccccc3)c2)c1O. The first-order chi connectivity index (χ1) is 26.7. The minimum atomic E-state index is -0.199. The van der Waals surface area contributed by atoms with Gasteiger partial charge in [-0.15, -0.1) is 0 Å². The molecule has 3 nitrogen and oxygen atoms in total. The fraction of sp³-hybridized carbons (Fsp3) is 0.321. The molecule has 0 aromatic heterocycles. The molecule has 0 aliphatic heterocycles. The second-order valence-corrected chi connectivity index (χ2v) is 17.7. The lowest BCUT2D eigenvalue weighted by molar-refractivity contribution is 0.206. The molecular weight excluding hydrogens is 683 g/mol. The Labute approximate surface area is 336 Å². The van der Waals surface area contributed by atoms with Crippen LogP contribution in [0.3, 0.4) is 0 Å². The molecule has 56 heavy (non-hydrogen) atoms. The van der Waals surface area contributed by atoms with Crippen LogP contribution in [0.5, 0.6) is 11.5 Å². The molecule has 0 atom stereocenters. The van der Waals surface area contributed by atoms with E-state index in [0.717, 1.165) is 48.2 Å². The number of rotatable bonds is 15. The maximum atomic E-state index is 11.2. The summed E-state index contributed by atoms with van der Waals surface area (Å²) in [5.41, 5.74) is 11.1. The van der Waals surface area contributed by atoms with E-state index in [1.807, 2.05) is 12.1 Å². The Bertz CT molecular complexity index is 2040. The molecule has 2 N–H and O–H groups in total. The third-order valence-electron chi connectivity index (χ3n) is 11.6. The van der Waals surface area contributed by atoms with Crippen molar-refractivity contribution >= 4 is 0 Å². The molecule has 6 aromatic carbocycles. The van der Waals surface area contributed by atoms with Crippen LogP contribution >= 0.6 is 0 Å². The van der Waals surface area contributed by atoms with E-state index in [2.05, 4.69) is 194 Å². The van der Waals surface area contributed by atoms with E-state index in [0.29, 0.717) is 11.5 Å². The molecule has 3 heteroatoms. The number of para-hydroxylation sites is 2. The molecule has 0 heterocycles. The lowest BCUT2D eigenvalue weighted by Gasteiger charge is -2.34. The van der Waals surface area contributed by atoms with Gasteiger partial charge in [0.05, 0.1) is 6.04 Å². The van der Waals surface area contributed by atoms with E-state index < -0.39 is 0 Å². The maximum Gasteiger partial charge on any atom is 0.122 e. The number of hydrogen-bond donors (Lipinski definition) is 2. The average Bonchev–Trinajstić information content (AvgIpc) is 3.17. The highest BCUT2D eigenvalue weighted by Crippen LogP contribution is 2.38. The summed E-state index contributed by atoms with van der Waals surface area (Å²) in [6, 6.07) is 52.3. The van der Waals surface area contributed by atoms with Crippen molar-refractivity contribution in [3.63, 3.8) is 0 Å². The highest BCUT2D eigenvalue weighted by Gasteiger charge is 2.28. The Morgan fingerprint density at radius 3 is 1.21 bits per heavy atom. The van der Waals surface area contributed by atoms with Crippen LogP contribution < -0.4 is 0 Å². The van der Waals surface area contributed by atoms with Crippen molar-refractivity contribution in [2.75, 3.05) is 0 Å². The molecule has 0 amide bonds. The van der Waals surface area contributed by atoms with Crippen LogP contribution in [0.15, 0.2) is 146 Å². The number of benzene rings is 6. The number of phenols is 2. The van der Waals surface area contributed by atoms with Gasteiger partial charge in [-0.05, 0) is 91.1 Å². The molecule has 0 aliphatic rings. The van der Waals surface area contributed by atoms with Gasteiger partial charge in [-0.3, -0.25) is 4.90 Å². The molecule has 6 aromatic rings. The van der Waals surface area contributed by atoms with Gasteiger partial charge in [-0.25, -0.2) is 0 Å². The van der Waals surface area contributed by atoms with Crippen molar-refractivity contribution in [2.45, 2.75) is 110 Å². The van der Waals surface area contributed by atoms with Crippen molar-refractivity contribution in [1.29, 1.82) is 0 Å². The molecule has 6 rings (SSSR count). The topological polar surface area (TPSA) is 43.7 Å². The molecule has 0 radical (unpaired) electrons. The minimum Gasteiger partial charge on any atom is -0.507 e. The van der Waals surface area contributed by atoms with Crippen LogP contribution in [0, 0.1) is 0 Å². The maximum absolute atomic E-state index is 11.2.